The minimum Gasteiger partial charge on any atom is -0.342 e. The summed E-state index contributed by atoms with van der Waals surface area (Å²) in [6.07, 6.45) is 3.71. The lowest BCUT2D eigenvalue weighted by atomic mass is 10.1. The van der Waals surface area contributed by atoms with Crippen molar-refractivity contribution in [2.75, 3.05) is 0 Å². The van der Waals surface area contributed by atoms with Gasteiger partial charge >= 0.3 is 0 Å². The van der Waals surface area contributed by atoms with E-state index < -0.39 is 0 Å². The summed E-state index contributed by atoms with van der Waals surface area (Å²) in [5.41, 5.74) is 4.68. The van der Waals surface area contributed by atoms with Crippen LogP contribution in [0.5, 0.6) is 0 Å². The first kappa shape index (κ1) is 22.2. The van der Waals surface area contributed by atoms with Gasteiger partial charge in [-0.15, -0.1) is 0 Å². The molecule has 0 aliphatic carbocycles. The highest BCUT2D eigenvalue weighted by molar-refractivity contribution is 5.99. The molecule has 0 bridgehead atoms. The maximum absolute atomic E-state index is 13.5. The van der Waals surface area contributed by atoms with Gasteiger partial charge in [-0.1, -0.05) is 78.9 Å². The smallest absolute Gasteiger partial charge is 0.282 e. The molecule has 0 aliphatic rings. The van der Waals surface area contributed by atoms with Crippen molar-refractivity contribution in [3.05, 3.63) is 136 Å². The van der Waals surface area contributed by atoms with Gasteiger partial charge in [-0.05, 0) is 29.8 Å². The zero-order valence-electron chi connectivity index (χ0n) is 19.8. The van der Waals surface area contributed by atoms with Crippen molar-refractivity contribution in [1.29, 1.82) is 5.26 Å². The van der Waals surface area contributed by atoms with Crippen LogP contribution in [0.2, 0.25) is 0 Å². The van der Waals surface area contributed by atoms with Gasteiger partial charge in [0.15, 0.2) is 5.82 Å². The van der Waals surface area contributed by atoms with Crippen LogP contribution in [0.15, 0.2) is 119 Å². The highest BCUT2D eigenvalue weighted by atomic mass is 16.1. The van der Waals surface area contributed by atoms with Crippen LogP contribution in [-0.2, 0) is 6.54 Å². The van der Waals surface area contributed by atoms with Crippen molar-refractivity contribution < 1.29 is 0 Å². The maximum Gasteiger partial charge on any atom is 0.282 e. The molecule has 0 radical (unpaired) electrons. The lowest BCUT2D eigenvalue weighted by Crippen LogP contribution is -2.20. The zero-order chi connectivity index (χ0) is 25.2. The molecule has 0 saturated heterocycles. The van der Waals surface area contributed by atoms with Crippen molar-refractivity contribution >= 4 is 28.0 Å². The monoisotopic (exact) mass is 479 g/mol. The van der Waals surface area contributed by atoms with Crippen molar-refractivity contribution in [3.8, 4) is 17.5 Å². The third kappa shape index (κ3) is 4.09. The molecule has 0 unspecified atom stereocenters. The molecule has 4 aromatic carbocycles. The molecule has 0 saturated carbocycles. The molecule has 6 aromatic rings. The second-order valence-electron chi connectivity index (χ2n) is 8.68. The van der Waals surface area contributed by atoms with E-state index in [0.717, 1.165) is 27.6 Å². The second kappa shape index (κ2) is 9.40. The fourth-order valence-corrected chi connectivity index (χ4v) is 4.58. The van der Waals surface area contributed by atoms with Crippen molar-refractivity contribution in [1.82, 2.24) is 14.2 Å². The Balaban J connectivity index is 1.49. The Morgan fingerprint density at radius 2 is 1.54 bits per heavy atom. The molecule has 6 heteroatoms. The molecule has 6 rings (SSSR count). The number of fused-ring (bicyclic) bond motifs is 2. The average Bonchev–Trinajstić information content (AvgIpc) is 3.30. The van der Waals surface area contributed by atoms with Gasteiger partial charge in [0.05, 0.1) is 28.8 Å². The third-order valence-corrected chi connectivity index (χ3v) is 6.40. The number of benzene rings is 4. The van der Waals surface area contributed by atoms with Crippen molar-refractivity contribution in [2.45, 2.75) is 6.54 Å². The number of rotatable bonds is 5. The summed E-state index contributed by atoms with van der Waals surface area (Å²) in [6, 6.07) is 34.8. The Morgan fingerprint density at radius 1 is 0.838 bits per heavy atom. The predicted octanol–water partition coefficient (Wildman–Crippen LogP) is 5.82. The van der Waals surface area contributed by atoms with Crippen LogP contribution in [0.3, 0.4) is 0 Å². The molecular weight excluding hydrogens is 458 g/mol. The van der Waals surface area contributed by atoms with E-state index in [-0.39, 0.29) is 5.56 Å². The normalized spacial score (nSPS) is 11.3. The zero-order valence-corrected chi connectivity index (χ0v) is 19.8. The topological polar surface area (TPSA) is 76.0 Å². The fraction of sp³-hybridized carbons (Fsp3) is 0.0323. The minimum absolute atomic E-state index is 0.229. The molecule has 0 atom stereocenters. The number of hydrogen-bond donors (Lipinski definition) is 0. The summed E-state index contributed by atoms with van der Waals surface area (Å²) in [6.45, 7) is 0.546. The van der Waals surface area contributed by atoms with E-state index in [9.17, 15) is 10.1 Å². The molecule has 0 fully saturated rings. The first-order valence-electron chi connectivity index (χ1n) is 11.9. The molecule has 37 heavy (non-hydrogen) atoms. The Bertz CT molecular complexity index is 1890. The number of aromatic nitrogens is 3. The summed E-state index contributed by atoms with van der Waals surface area (Å²) >= 11 is 0. The Labute approximate surface area is 213 Å². The van der Waals surface area contributed by atoms with Crippen LogP contribution >= 0.6 is 0 Å². The molecule has 0 spiro atoms. The van der Waals surface area contributed by atoms with Crippen LogP contribution in [0.1, 0.15) is 16.7 Å². The van der Waals surface area contributed by atoms with Gasteiger partial charge in [-0.25, -0.2) is 4.98 Å². The van der Waals surface area contributed by atoms with Gasteiger partial charge in [0.1, 0.15) is 0 Å². The highest BCUT2D eigenvalue weighted by Crippen LogP contribution is 2.23. The molecule has 2 heterocycles. The predicted molar refractivity (Wildman–Crippen MR) is 147 cm³/mol. The van der Waals surface area contributed by atoms with Crippen molar-refractivity contribution in [2.24, 2.45) is 5.10 Å². The van der Waals surface area contributed by atoms with E-state index in [4.69, 9.17) is 4.98 Å². The Hall–Kier alpha value is -5.28. The van der Waals surface area contributed by atoms with E-state index in [1.165, 1.54) is 4.68 Å². The van der Waals surface area contributed by atoms with Gasteiger partial charge in [0.2, 0.25) is 0 Å². The molecule has 176 valence electrons. The summed E-state index contributed by atoms with van der Waals surface area (Å²) < 4.78 is 3.47. The van der Waals surface area contributed by atoms with Gasteiger partial charge < -0.3 is 4.57 Å². The van der Waals surface area contributed by atoms with Crippen LogP contribution in [0, 0.1) is 11.3 Å². The van der Waals surface area contributed by atoms with Crippen LogP contribution in [-0.4, -0.2) is 20.4 Å². The van der Waals surface area contributed by atoms with Crippen LogP contribution in [0.25, 0.3) is 33.2 Å². The van der Waals surface area contributed by atoms with Crippen molar-refractivity contribution in [3.63, 3.8) is 0 Å². The van der Waals surface area contributed by atoms with E-state index >= 15 is 0 Å². The third-order valence-electron chi connectivity index (χ3n) is 6.40. The first-order valence-corrected chi connectivity index (χ1v) is 11.9. The molecule has 6 nitrogen and oxygen atoms in total. The van der Waals surface area contributed by atoms with E-state index in [1.54, 1.807) is 12.3 Å². The van der Waals surface area contributed by atoms with Gasteiger partial charge in [0, 0.05) is 34.8 Å². The molecule has 0 aliphatic heterocycles. The van der Waals surface area contributed by atoms with E-state index in [1.807, 2.05) is 103 Å². The van der Waals surface area contributed by atoms with Crippen LogP contribution in [0.4, 0.5) is 0 Å². The quantitative estimate of drug-likeness (QED) is 0.292. The molecule has 0 N–H and O–H groups in total. The number of nitriles is 1. The fourth-order valence-electron chi connectivity index (χ4n) is 4.58. The highest BCUT2D eigenvalue weighted by Gasteiger charge is 2.13. The second-order valence-corrected chi connectivity index (χ2v) is 8.68. The number of hydrogen-bond acceptors (Lipinski definition) is 4. The number of para-hydroxylation sites is 2. The summed E-state index contributed by atoms with van der Waals surface area (Å²) in [5, 5.41) is 15.7. The molecule has 2 aromatic heterocycles. The molecule has 0 amide bonds. The summed E-state index contributed by atoms with van der Waals surface area (Å²) in [5.74, 6) is 0.479. The minimum atomic E-state index is -0.229. The summed E-state index contributed by atoms with van der Waals surface area (Å²) in [7, 11) is 0. The first-order chi connectivity index (χ1) is 18.2. The SMILES string of the molecule is N#Cc1ccccc1Cn1cc(C=Nn2c(-c3ccccc3)nc3ccccc3c2=O)c2ccccc21. The summed E-state index contributed by atoms with van der Waals surface area (Å²) in [4.78, 5) is 18.3. The number of nitrogens with zero attached hydrogens (tertiary/aromatic N) is 5. The lowest BCUT2D eigenvalue weighted by Gasteiger charge is -2.09. The Morgan fingerprint density at radius 3 is 2.38 bits per heavy atom. The van der Waals surface area contributed by atoms with Gasteiger partial charge in [-0.2, -0.15) is 15.0 Å². The van der Waals surface area contributed by atoms with E-state index in [2.05, 4.69) is 15.7 Å². The van der Waals surface area contributed by atoms with Gasteiger partial charge in [0.25, 0.3) is 5.56 Å². The van der Waals surface area contributed by atoms with E-state index in [0.29, 0.717) is 28.8 Å². The maximum atomic E-state index is 13.5. The Kier molecular flexibility index (Phi) is 5.64. The lowest BCUT2D eigenvalue weighted by molar-refractivity contribution is 0.826. The largest absolute Gasteiger partial charge is 0.342 e. The standard InChI is InChI=1S/C31H21N5O/c32-18-23-12-4-5-13-24(23)20-35-21-25(26-14-7-9-17-29(26)35)19-33-36-30(22-10-2-1-3-11-22)34-28-16-8-6-15-27(28)31(36)37/h1-17,19,21H,20H2. The van der Waals surface area contributed by atoms with Gasteiger partial charge in [-0.3, -0.25) is 4.79 Å². The van der Waals surface area contributed by atoms with Crippen LogP contribution < -0.4 is 5.56 Å². The molecular formula is C31H21N5O. The average molecular weight is 480 g/mol.